The average Bonchev–Trinajstić information content (AvgIpc) is 2.60. The van der Waals surface area contributed by atoms with Crippen LogP contribution in [0.3, 0.4) is 0 Å². The van der Waals surface area contributed by atoms with Gasteiger partial charge in [-0.15, -0.1) is 0 Å². The maximum Gasteiger partial charge on any atom is 0.0682 e. The predicted molar refractivity (Wildman–Crippen MR) is 226 cm³/mol. The Hall–Kier alpha value is 0.435. The summed E-state index contributed by atoms with van der Waals surface area (Å²) in [4.78, 5) is 7.32. The summed E-state index contributed by atoms with van der Waals surface area (Å²) in [7, 11) is -12.2. The van der Waals surface area contributed by atoms with Crippen molar-refractivity contribution in [3.8, 4) is 0 Å². The van der Waals surface area contributed by atoms with Crippen LogP contribution in [0.5, 0.6) is 0 Å². The summed E-state index contributed by atoms with van der Waals surface area (Å²) in [5.41, 5.74) is 3.11. The van der Waals surface area contributed by atoms with Gasteiger partial charge in [0.25, 0.3) is 0 Å². The summed E-state index contributed by atoms with van der Waals surface area (Å²) >= 11 is 0. The summed E-state index contributed by atoms with van der Waals surface area (Å²) in [6.07, 6.45) is 11.2. The van der Waals surface area contributed by atoms with E-state index in [1.807, 2.05) is 19.3 Å². The second-order valence-electron chi connectivity index (χ2n) is 21.1. The smallest absolute Gasteiger partial charge is 0.0682 e. The Morgan fingerprint density at radius 3 is 0.381 bits per heavy atom. The highest BCUT2D eigenvalue weighted by molar-refractivity contribution is 7.06. The van der Waals surface area contributed by atoms with Crippen LogP contribution in [0, 0.1) is 0 Å². The molecule has 0 unspecified atom stereocenters. The van der Waals surface area contributed by atoms with Gasteiger partial charge in [0.1, 0.15) is 0 Å². The van der Waals surface area contributed by atoms with E-state index >= 15 is 0 Å². The minimum Gasteiger partial charge on any atom is -0.0906 e. The first-order valence-electron chi connectivity index (χ1n) is 16.6. The van der Waals surface area contributed by atoms with Crippen LogP contribution in [-0.4, -0.2) is 64.6 Å². The normalized spacial score (nSPS) is 14.2. The Morgan fingerprint density at radius 1 is 0.214 bits per heavy atom. The lowest BCUT2D eigenvalue weighted by Crippen LogP contribution is -2.41. The van der Waals surface area contributed by atoms with Gasteiger partial charge in [-0.3, -0.25) is 0 Å². The number of hydrogen-bond acceptors (Lipinski definition) is 0. The van der Waals surface area contributed by atoms with E-state index in [2.05, 4.69) is 181 Å². The van der Waals surface area contributed by atoms with Gasteiger partial charge in [-0.25, -0.2) is 0 Å². The standard InChI is InChI=1S/C34H76Si8/c1-35(2,3)31(36(4,5)6)25-29(26-32(37(7,8)9)38(10,11)12)30(27-33(39(13,14)15)40(16,17)18)28-34(41(19,20)21)42(22,23)24/h25-28H,1-24H3. The first-order chi connectivity index (χ1) is 17.9. The van der Waals surface area contributed by atoms with Crippen LogP contribution in [0.1, 0.15) is 0 Å². The molecule has 0 radical (unpaired) electrons. The molecule has 0 aliphatic carbocycles. The van der Waals surface area contributed by atoms with Crippen molar-refractivity contribution in [1.29, 1.82) is 0 Å². The number of allylic oxidation sites excluding steroid dienone is 6. The van der Waals surface area contributed by atoms with Crippen LogP contribution in [-0.2, 0) is 0 Å². The second-order valence-corrected chi connectivity index (χ2v) is 63.5. The third kappa shape index (κ3) is 13.4. The zero-order valence-electron chi connectivity index (χ0n) is 33.3. The Morgan fingerprint density at radius 2 is 0.310 bits per heavy atom. The van der Waals surface area contributed by atoms with Crippen molar-refractivity contribution in [2.75, 3.05) is 0 Å². The van der Waals surface area contributed by atoms with Gasteiger partial charge in [-0.05, 0) is 11.1 Å². The third-order valence-corrected chi connectivity index (χ3v) is 40.1. The Balaban J connectivity index is 9.15. The monoisotopic (exact) mass is 708 g/mol. The maximum atomic E-state index is 2.79. The lowest BCUT2D eigenvalue weighted by molar-refractivity contribution is 1.48. The molecule has 8 heteroatoms. The van der Waals surface area contributed by atoms with E-state index in [1.54, 1.807) is 11.1 Å². The van der Waals surface area contributed by atoms with Gasteiger partial charge in [0.15, 0.2) is 0 Å². The molecule has 0 fully saturated rings. The van der Waals surface area contributed by atoms with Crippen molar-refractivity contribution in [2.24, 2.45) is 0 Å². The molecule has 244 valence electrons. The van der Waals surface area contributed by atoms with Crippen LogP contribution in [0.2, 0.25) is 157 Å². The summed E-state index contributed by atoms with van der Waals surface area (Å²) in [5.74, 6) is 0. The van der Waals surface area contributed by atoms with E-state index in [0.29, 0.717) is 0 Å². The molecule has 0 aromatic heterocycles. The summed E-state index contributed by atoms with van der Waals surface area (Å²) in [5, 5.41) is 0. The van der Waals surface area contributed by atoms with Crippen molar-refractivity contribution in [2.45, 2.75) is 157 Å². The largest absolute Gasteiger partial charge is 0.0906 e. The van der Waals surface area contributed by atoms with Crippen LogP contribution in [0.15, 0.2) is 54.7 Å². The van der Waals surface area contributed by atoms with Crippen LogP contribution in [0.4, 0.5) is 0 Å². The van der Waals surface area contributed by atoms with Crippen LogP contribution < -0.4 is 0 Å². The SMILES string of the molecule is C[Si](C)(C)C(=CC(C=C([Si](C)(C)C)[Si](C)(C)C)=C(C=C([Si](C)(C)C)[Si](C)(C)C)C=C([Si](C)(C)C)[Si](C)(C)C)[Si](C)(C)C. The lowest BCUT2D eigenvalue weighted by Gasteiger charge is -2.35. The molecule has 0 spiro atoms. The molecule has 0 bridgehead atoms. The molecule has 0 aromatic rings. The van der Waals surface area contributed by atoms with E-state index in [9.17, 15) is 0 Å². The average molecular weight is 710 g/mol. The second kappa shape index (κ2) is 13.7. The topological polar surface area (TPSA) is 0 Å². The molecule has 0 saturated heterocycles. The van der Waals surface area contributed by atoms with Crippen molar-refractivity contribution in [3.63, 3.8) is 0 Å². The van der Waals surface area contributed by atoms with Crippen molar-refractivity contribution in [3.05, 3.63) is 54.7 Å². The fraction of sp³-hybridized carbons (Fsp3) is 0.706. The minimum absolute atomic E-state index is 1.52. The van der Waals surface area contributed by atoms with E-state index < -0.39 is 64.6 Å². The molecule has 0 rings (SSSR count). The van der Waals surface area contributed by atoms with Crippen molar-refractivity contribution >= 4 is 64.6 Å². The summed E-state index contributed by atoms with van der Waals surface area (Å²) < 4.78 is 0. The van der Waals surface area contributed by atoms with Gasteiger partial charge in [0, 0.05) is 0 Å². The van der Waals surface area contributed by atoms with Gasteiger partial charge in [0.2, 0.25) is 0 Å². The minimum atomic E-state index is -1.52. The van der Waals surface area contributed by atoms with Crippen LogP contribution >= 0.6 is 0 Å². The van der Waals surface area contributed by atoms with Gasteiger partial charge < -0.3 is 0 Å². The zero-order valence-corrected chi connectivity index (χ0v) is 41.3. The molecule has 0 aliphatic rings. The summed E-state index contributed by atoms with van der Waals surface area (Å²) in [6.45, 7) is 62.2. The third-order valence-electron chi connectivity index (χ3n) is 8.00. The zero-order chi connectivity index (χ0) is 34.3. The lowest BCUT2D eigenvalue weighted by atomic mass is 10.1. The first-order valence-corrected chi connectivity index (χ1v) is 44.6. The van der Waals surface area contributed by atoms with Gasteiger partial charge in [-0.1, -0.05) is 201 Å². The Bertz CT molecular complexity index is 864. The Kier molecular flexibility index (Phi) is 13.8. The predicted octanol–water partition coefficient (Wildman–Crippen LogP) is 13.0. The van der Waals surface area contributed by atoms with E-state index in [4.69, 9.17) is 0 Å². The molecule has 0 saturated carbocycles. The highest BCUT2D eigenvalue weighted by Crippen LogP contribution is 2.36. The molecule has 0 N–H and O–H groups in total. The number of hydrogen-bond donors (Lipinski definition) is 0. The Labute approximate surface area is 274 Å². The first kappa shape index (κ1) is 42.4. The van der Waals surface area contributed by atoms with Crippen LogP contribution in [0.25, 0.3) is 0 Å². The summed E-state index contributed by atoms with van der Waals surface area (Å²) in [6, 6.07) is 0. The molecule has 0 nitrogen and oxygen atoms in total. The quantitative estimate of drug-likeness (QED) is 0.140. The van der Waals surface area contributed by atoms with Gasteiger partial charge >= 0.3 is 0 Å². The fourth-order valence-corrected chi connectivity index (χ4v) is 48.0. The molecule has 0 aromatic carbocycles. The van der Waals surface area contributed by atoms with E-state index in [0.717, 1.165) is 0 Å². The molecule has 0 amide bonds. The molecule has 0 heterocycles. The molecule has 0 aliphatic heterocycles. The van der Waals surface area contributed by atoms with E-state index in [-0.39, 0.29) is 0 Å². The van der Waals surface area contributed by atoms with Crippen molar-refractivity contribution < 1.29 is 0 Å². The molecule has 0 atom stereocenters. The van der Waals surface area contributed by atoms with Gasteiger partial charge in [-0.2, -0.15) is 0 Å². The van der Waals surface area contributed by atoms with E-state index in [1.165, 1.54) is 0 Å². The molecular weight excluding hydrogens is 633 g/mol. The molecular formula is C34H76Si8. The maximum absolute atomic E-state index is 2.79. The highest BCUT2D eigenvalue weighted by Gasteiger charge is 2.36. The highest BCUT2D eigenvalue weighted by atomic mass is 28.4. The fourth-order valence-electron chi connectivity index (χ4n) is 7.27. The van der Waals surface area contributed by atoms with Gasteiger partial charge in [0.05, 0.1) is 64.6 Å². The van der Waals surface area contributed by atoms with Crippen molar-refractivity contribution in [1.82, 2.24) is 0 Å². The molecule has 42 heavy (non-hydrogen) atoms. The number of rotatable bonds is 12.